The number of hydrogen-bond donors (Lipinski definition) is 2. The maximum atomic E-state index is 7.00. The van der Waals surface area contributed by atoms with Crippen LogP contribution >= 0.6 is 0 Å². The van der Waals surface area contributed by atoms with Crippen molar-refractivity contribution in [3.8, 4) is 0 Å². The molecule has 2 nitrogen and oxygen atoms in total. The van der Waals surface area contributed by atoms with Crippen LogP contribution in [0.2, 0.25) is 0 Å². The number of rotatable bonds is 0. The SMILES string of the molecule is O[B]O.[Zn]. The van der Waals surface area contributed by atoms with Gasteiger partial charge in [0.25, 0.3) is 0 Å². The molecule has 0 aromatic carbocycles. The quantitative estimate of drug-likeness (QED) is 0.373. The van der Waals surface area contributed by atoms with Crippen LogP contribution in [0.1, 0.15) is 0 Å². The summed E-state index contributed by atoms with van der Waals surface area (Å²) in [4.78, 5) is 0. The fourth-order valence-corrected chi connectivity index (χ4v) is 0. The molecule has 0 aromatic heterocycles. The van der Waals surface area contributed by atoms with Gasteiger partial charge in [0.15, 0.2) is 0 Å². The molecule has 0 saturated heterocycles. The van der Waals surface area contributed by atoms with Crippen LogP contribution in [0.25, 0.3) is 0 Å². The van der Waals surface area contributed by atoms with Crippen molar-refractivity contribution in [2.24, 2.45) is 0 Å². The second-order valence-electron chi connectivity index (χ2n) is 0.115. The summed E-state index contributed by atoms with van der Waals surface area (Å²) in [5.41, 5.74) is 0. The molecule has 0 unspecified atom stereocenters. The van der Waals surface area contributed by atoms with Gasteiger partial charge in [-0.3, -0.25) is 0 Å². The molecule has 0 aromatic rings. The molecule has 4 heavy (non-hydrogen) atoms. The van der Waals surface area contributed by atoms with Gasteiger partial charge in [-0.2, -0.15) is 0 Å². The van der Waals surface area contributed by atoms with Crippen LogP contribution < -0.4 is 0 Å². The van der Waals surface area contributed by atoms with E-state index >= 15 is 0 Å². The van der Waals surface area contributed by atoms with Gasteiger partial charge in [0.05, 0.1) is 0 Å². The van der Waals surface area contributed by atoms with Crippen molar-refractivity contribution in [3.63, 3.8) is 0 Å². The van der Waals surface area contributed by atoms with Gasteiger partial charge in [-0.1, -0.05) is 0 Å². The van der Waals surface area contributed by atoms with Crippen LogP contribution in [-0.4, -0.2) is 17.7 Å². The summed E-state index contributed by atoms with van der Waals surface area (Å²) in [6, 6.07) is 0. The molecule has 0 spiro atoms. The summed E-state index contributed by atoms with van der Waals surface area (Å²) in [5, 5.41) is 14.0. The Balaban J connectivity index is 0. The van der Waals surface area contributed by atoms with E-state index in [9.17, 15) is 0 Å². The minimum Gasteiger partial charge on any atom is -0.429 e. The molecule has 0 rings (SSSR count). The molecule has 1 radical (unpaired) electrons. The van der Waals surface area contributed by atoms with Crippen LogP contribution in [-0.2, 0) is 19.5 Å². The van der Waals surface area contributed by atoms with Gasteiger partial charge in [0, 0.05) is 19.5 Å². The zero-order valence-electron chi connectivity index (χ0n) is 2.18. The molecule has 2 N–H and O–H groups in total. The van der Waals surface area contributed by atoms with E-state index in [1.165, 1.54) is 0 Å². The summed E-state index contributed by atoms with van der Waals surface area (Å²) < 4.78 is 0. The van der Waals surface area contributed by atoms with Gasteiger partial charge >= 0.3 is 7.69 Å². The van der Waals surface area contributed by atoms with Crippen LogP contribution in [0.3, 0.4) is 0 Å². The van der Waals surface area contributed by atoms with Crippen molar-refractivity contribution in [1.29, 1.82) is 0 Å². The van der Waals surface area contributed by atoms with Crippen LogP contribution in [0.15, 0.2) is 0 Å². The Morgan fingerprint density at radius 3 is 1.25 bits per heavy atom. The standard InChI is InChI=1S/BH2O2.Zn/c2-1-3;/h2-3H;. The summed E-state index contributed by atoms with van der Waals surface area (Å²) in [5.74, 6) is 0. The maximum absolute atomic E-state index is 7.00. The first-order chi connectivity index (χ1) is 1.41. The molecule has 0 saturated carbocycles. The normalized spacial score (nSPS) is 3.50. The second kappa shape index (κ2) is 9.49. The Bertz CT molecular complexity index is 6.00. The second-order valence-corrected chi connectivity index (χ2v) is 0.115. The van der Waals surface area contributed by atoms with E-state index in [0.717, 1.165) is 0 Å². The van der Waals surface area contributed by atoms with E-state index in [1.54, 1.807) is 0 Å². The zero-order valence-corrected chi connectivity index (χ0v) is 5.15. The third-order valence-corrected chi connectivity index (χ3v) is 0. The van der Waals surface area contributed by atoms with Gasteiger partial charge in [0.2, 0.25) is 0 Å². The molecule has 0 aliphatic heterocycles. The Labute approximate surface area is 37.9 Å². The Hall–Kier alpha value is 0.608. The largest absolute Gasteiger partial charge is 0.482 e. The van der Waals surface area contributed by atoms with Crippen molar-refractivity contribution in [2.75, 3.05) is 0 Å². The Kier molecular flexibility index (Phi) is 20.9. The molecule has 19 valence electrons. The van der Waals surface area contributed by atoms with E-state index in [4.69, 9.17) is 10.0 Å². The van der Waals surface area contributed by atoms with E-state index in [2.05, 4.69) is 0 Å². The molecule has 4 heteroatoms. The molecule has 0 heterocycles. The predicted molar refractivity (Wildman–Crippen MR) is 10.2 cm³/mol. The van der Waals surface area contributed by atoms with E-state index in [1.807, 2.05) is 0 Å². The molecule has 0 bridgehead atoms. The first-order valence-electron chi connectivity index (χ1n) is 0.516. The summed E-state index contributed by atoms with van der Waals surface area (Å²) in [6.45, 7) is 0. The minimum atomic E-state index is 0. The van der Waals surface area contributed by atoms with Crippen molar-refractivity contribution in [3.05, 3.63) is 0 Å². The summed E-state index contributed by atoms with van der Waals surface area (Å²) in [7, 11) is 0. The topological polar surface area (TPSA) is 40.5 Å². The van der Waals surface area contributed by atoms with Crippen molar-refractivity contribution in [1.82, 2.24) is 0 Å². The van der Waals surface area contributed by atoms with Crippen LogP contribution in [0, 0.1) is 0 Å². The van der Waals surface area contributed by atoms with E-state index < -0.39 is 0 Å². The molecular formula is H2BO2Zn. The first-order valence-corrected chi connectivity index (χ1v) is 0.516. The number of hydrogen-bond acceptors (Lipinski definition) is 2. The molecule has 0 aliphatic rings. The van der Waals surface area contributed by atoms with Gasteiger partial charge in [-0.25, -0.2) is 0 Å². The molecular weight excluding hydrogens is 108 g/mol. The van der Waals surface area contributed by atoms with Crippen LogP contribution in [0.5, 0.6) is 0 Å². The first kappa shape index (κ1) is 8.82. The van der Waals surface area contributed by atoms with Crippen LogP contribution in [0.4, 0.5) is 0 Å². The smallest absolute Gasteiger partial charge is 0.429 e. The summed E-state index contributed by atoms with van der Waals surface area (Å²) in [6.07, 6.45) is 0. The summed E-state index contributed by atoms with van der Waals surface area (Å²) >= 11 is 0. The minimum absolute atomic E-state index is 0. The van der Waals surface area contributed by atoms with Gasteiger partial charge < -0.3 is 10.0 Å². The Morgan fingerprint density at radius 1 is 1.25 bits per heavy atom. The Morgan fingerprint density at radius 2 is 1.25 bits per heavy atom. The van der Waals surface area contributed by atoms with Gasteiger partial charge in [-0.05, 0) is 0 Å². The van der Waals surface area contributed by atoms with Crippen molar-refractivity contribution < 1.29 is 29.5 Å². The molecule has 0 fully saturated rings. The van der Waals surface area contributed by atoms with E-state index in [0.29, 0.717) is 0 Å². The van der Waals surface area contributed by atoms with Crippen molar-refractivity contribution >= 4 is 7.69 Å². The molecule has 0 atom stereocenters. The fourth-order valence-electron chi connectivity index (χ4n) is 0. The fraction of sp³-hybridized carbons (Fsp3) is 0. The average Bonchev–Trinajstić information content (AvgIpc) is 0.918. The van der Waals surface area contributed by atoms with E-state index in [-0.39, 0.29) is 27.2 Å². The maximum Gasteiger partial charge on any atom is 0.482 e. The van der Waals surface area contributed by atoms with Crippen molar-refractivity contribution in [2.45, 2.75) is 0 Å². The molecule has 0 aliphatic carbocycles. The third kappa shape index (κ3) is 18.2. The zero-order chi connectivity index (χ0) is 2.71. The van der Waals surface area contributed by atoms with Gasteiger partial charge in [-0.15, -0.1) is 0 Å². The average molecular weight is 110 g/mol. The molecule has 0 amide bonds. The van der Waals surface area contributed by atoms with Gasteiger partial charge in [0.1, 0.15) is 0 Å². The predicted octanol–water partition coefficient (Wildman–Crippen LogP) is -1.50. The third-order valence-electron chi connectivity index (χ3n) is 0. The monoisotopic (exact) mass is 109 g/mol.